The van der Waals surface area contributed by atoms with E-state index in [-0.39, 0.29) is 19.2 Å². The summed E-state index contributed by atoms with van der Waals surface area (Å²) in [7, 11) is 0. The molecule has 1 N–H and O–H groups in total. The highest BCUT2D eigenvalue weighted by atomic mass is 16.5. The topological polar surface area (TPSA) is 59.4 Å². The number of ether oxygens (including phenoxy) is 1. The van der Waals surface area contributed by atoms with Gasteiger partial charge in [0.05, 0.1) is 17.9 Å². The molecular weight excluding hydrogens is 230 g/mol. The van der Waals surface area contributed by atoms with Crippen molar-refractivity contribution in [1.82, 2.24) is 4.98 Å². The Bertz CT molecular complexity index is 526. The third kappa shape index (κ3) is 3.15. The SMILES string of the molecule is O=C(OCc1ccnc(CO)c1)c1ccccc1. The van der Waals surface area contributed by atoms with Gasteiger partial charge in [-0.05, 0) is 29.8 Å². The first kappa shape index (κ1) is 12.3. The number of hydrogen-bond donors (Lipinski definition) is 1. The Morgan fingerprint density at radius 2 is 2.00 bits per heavy atom. The van der Waals surface area contributed by atoms with E-state index in [9.17, 15) is 4.79 Å². The van der Waals surface area contributed by atoms with Crippen molar-refractivity contribution >= 4 is 5.97 Å². The van der Waals surface area contributed by atoms with Crippen molar-refractivity contribution in [2.75, 3.05) is 0 Å². The van der Waals surface area contributed by atoms with Crippen molar-refractivity contribution in [2.45, 2.75) is 13.2 Å². The van der Waals surface area contributed by atoms with Gasteiger partial charge in [-0.2, -0.15) is 0 Å². The molecule has 92 valence electrons. The predicted molar refractivity (Wildman–Crippen MR) is 65.7 cm³/mol. The summed E-state index contributed by atoms with van der Waals surface area (Å²) in [6.45, 7) is 0.0454. The first-order valence-corrected chi connectivity index (χ1v) is 5.56. The number of pyridine rings is 1. The fourth-order valence-corrected chi connectivity index (χ4v) is 1.51. The van der Waals surface area contributed by atoms with Gasteiger partial charge in [0, 0.05) is 6.20 Å². The van der Waals surface area contributed by atoms with Crippen molar-refractivity contribution in [2.24, 2.45) is 0 Å². The maximum atomic E-state index is 11.7. The zero-order valence-electron chi connectivity index (χ0n) is 9.74. The van der Waals surface area contributed by atoms with Gasteiger partial charge in [0.2, 0.25) is 0 Å². The molecular formula is C14H13NO3. The second-order valence-electron chi connectivity index (χ2n) is 3.76. The molecule has 0 spiro atoms. The van der Waals surface area contributed by atoms with Crippen LogP contribution in [-0.4, -0.2) is 16.1 Å². The summed E-state index contributed by atoms with van der Waals surface area (Å²) in [5.74, 6) is -0.363. The molecule has 0 aliphatic rings. The summed E-state index contributed by atoms with van der Waals surface area (Å²) >= 11 is 0. The lowest BCUT2D eigenvalue weighted by atomic mass is 10.2. The van der Waals surface area contributed by atoms with Gasteiger partial charge < -0.3 is 9.84 Å². The Morgan fingerprint density at radius 1 is 1.22 bits per heavy atom. The molecule has 18 heavy (non-hydrogen) atoms. The lowest BCUT2D eigenvalue weighted by Crippen LogP contribution is -2.05. The van der Waals surface area contributed by atoms with Gasteiger partial charge in [-0.1, -0.05) is 18.2 Å². The molecule has 4 nitrogen and oxygen atoms in total. The summed E-state index contributed by atoms with van der Waals surface area (Å²) in [6, 6.07) is 12.3. The van der Waals surface area contributed by atoms with Gasteiger partial charge >= 0.3 is 5.97 Å². The molecule has 0 amide bonds. The number of carbonyl (C=O) groups is 1. The number of nitrogens with zero attached hydrogens (tertiary/aromatic N) is 1. The quantitative estimate of drug-likeness (QED) is 0.833. The van der Waals surface area contributed by atoms with E-state index in [0.717, 1.165) is 5.56 Å². The Kier molecular flexibility index (Phi) is 4.04. The number of hydrogen-bond acceptors (Lipinski definition) is 4. The second kappa shape index (κ2) is 5.93. The van der Waals surface area contributed by atoms with Crippen LogP contribution in [0.3, 0.4) is 0 Å². The lowest BCUT2D eigenvalue weighted by Gasteiger charge is -2.05. The molecule has 0 radical (unpaired) electrons. The molecule has 1 aromatic heterocycles. The van der Waals surface area contributed by atoms with E-state index in [0.29, 0.717) is 11.3 Å². The van der Waals surface area contributed by atoms with Crippen molar-refractivity contribution < 1.29 is 14.6 Å². The largest absolute Gasteiger partial charge is 0.457 e. The number of carbonyl (C=O) groups excluding carboxylic acids is 1. The third-order valence-corrected chi connectivity index (χ3v) is 2.42. The van der Waals surface area contributed by atoms with Gasteiger partial charge in [0.15, 0.2) is 0 Å². The van der Waals surface area contributed by atoms with Gasteiger partial charge in [-0.15, -0.1) is 0 Å². The Balaban J connectivity index is 1.97. The monoisotopic (exact) mass is 243 g/mol. The average Bonchev–Trinajstić information content (AvgIpc) is 2.46. The van der Waals surface area contributed by atoms with Crippen molar-refractivity contribution in [3.63, 3.8) is 0 Å². The smallest absolute Gasteiger partial charge is 0.338 e. The standard InChI is InChI=1S/C14H13NO3/c16-9-13-8-11(6-7-15-13)10-18-14(17)12-4-2-1-3-5-12/h1-8,16H,9-10H2. The normalized spacial score (nSPS) is 10.1. The molecule has 4 heteroatoms. The highest BCUT2D eigenvalue weighted by molar-refractivity contribution is 5.89. The maximum absolute atomic E-state index is 11.7. The zero-order chi connectivity index (χ0) is 12.8. The number of benzene rings is 1. The Hall–Kier alpha value is -2.20. The van der Waals surface area contributed by atoms with Crippen LogP contribution in [0.25, 0.3) is 0 Å². The summed E-state index contributed by atoms with van der Waals surface area (Å²) < 4.78 is 5.17. The molecule has 2 rings (SSSR count). The van der Waals surface area contributed by atoms with E-state index in [4.69, 9.17) is 9.84 Å². The molecule has 0 bridgehead atoms. The van der Waals surface area contributed by atoms with Crippen LogP contribution in [-0.2, 0) is 18.0 Å². The van der Waals surface area contributed by atoms with E-state index >= 15 is 0 Å². The minimum Gasteiger partial charge on any atom is -0.457 e. The van der Waals surface area contributed by atoms with Crippen LogP contribution in [0.15, 0.2) is 48.7 Å². The summed E-state index contributed by atoms with van der Waals surface area (Å²) in [4.78, 5) is 15.6. The first-order valence-electron chi connectivity index (χ1n) is 5.56. The minimum atomic E-state index is -0.363. The fraction of sp³-hybridized carbons (Fsp3) is 0.143. The third-order valence-electron chi connectivity index (χ3n) is 2.42. The van der Waals surface area contributed by atoms with Gasteiger partial charge in [-0.3, -0.25) is 4.98 Å². The van der Waals surface area contributed by atoms with Crippen LogP contribution in [0.4, 0.5) is 0 Å². The molecule has 0 aliphatic heterocycles. The Morgan fingerprint density at radius 3 is 2.72 bits per heavy atom. The van der Waals surface area contributed by atoms with E-state index in [1.807, 2.05) is 6.07 Å². The van der Waals surface area contributed by atoms with Crippen LogP contribution in [0.2, 0.25) is 0 Å². The molecule has 0 unspecified atom stereocenters. The van der Waals surface area contributed by atoms with E-state index < -0.39 is 0 Å². The van der Waals surface area contributed by atoms with E-state index in [1.165, 1.54) is 0 Å². The number of rotatable bonds is 4. The van der Waals surface area contributed by atoms with Gasteiger partial charge in [0.25, 0.3) is 0 Å². The molecule has 0 saturated carbocycles. The first-order chi connectivity index (χ1) is 8.79. The molecule has 0 fully saturated rings. The van der Waals surface area contributed by atoms with Crippen molar-refractivity contribution in [1.29, 1.82) is 0 Å². The summed E-state index contributed by atoms with van der Waals surface area (Å²) in [6.07, 6.45) is 1.58. The van der Waals surface area contributed by atoms with Crippen LogP contribution in [0.1, 0.15) is 21.6 Å². The fourth-order valence-electron chi connectivity index (χ4n) is 1.51. The predicted octanol–water partition coefficient (Wildman–Crippen LogP) is 1.93. The molecule has 0 aliphatic carbocycles. The second-order valence-corrected chi connectivity index (χ2v) is 3.76. The maximum Gasteiger partial charge on any atom is 0.338 e. The molecule has 0 atom stereocenters. The zero-order valence-corrected chi connectivity index (χ0v) is 9.74. The number of aliphatic hydroxyl groups is 1. The average molecular weight is 243 g/mol. The lowest BCUT2D eigenvalue weighted by molar-refractivity contribution is 0.0472. The van der Waals surface area contributed by atoms with E-state index in [1.54, 1.807) is 42.6 Å². The van der Waals surface area contributed by atoms with Crippen LogP contribution in [0, 0.1) is 0 Å². The van der Waals surface area contributed by atoms with E-state index in [2.05, 4.69) is 4.98 Å². The van der Waals surface area contributed by atoms with Crippen LogP contribution >= 0.6 is 0 Å². The number of esters is 1. The van der Waals surface area contributed by atoms with Crippen molar-refractivity contribution in [3.8, 4) is 0 Å². The number of aromatic nitrogens is 1. The molecule has 1 aromatic carbocycles. The minimum absolute atomic E-state index is 0.125. The molecule has 1 heterocycles. The molecule has 2 aromatic rings. The number of aliphatic hydroxyl groups excluding tert-OH is 1. The highest BCUT2D eigenvalue weighted by Crippen LogP contribution is 2.07. The molecule has 0 saturated heterocycles. The van der Waals surface area contributed by atoms with Gasteiger partial charge in [0.1, 0.15) is 6.61 Å². The summed E-state index contributed by atoms with van der Waals surface area (Å²) in [5.41, 5.74) is 1.88. The summed E-state index contributed by atoms with van der Waals surface area (Å²) in [5, 5.41) is 8.95. The Labute approximate surface area is 105 Å². The van der Waals surface area contributed by atoms with Crippen LogP contribution < -0.4 is 0 Å². The van der Waals surface area contributed by atoms with Crippen molar-refractivity contribution in [3.05, 3.63) is 65.5 Å². The van der Waals surface area contributed by atoms with Gasteiger partial charge in [-0.25, -0.2) is 4.79 Å². The highest BCUT2D eigenvalue weighted by Gasteiger charge is 2.06. The van der Waals surface area contributed by atoms with Crippen LogP contribution in [0.5, 0.6) is 0 Å².